The first-order chi connectivity index (χ1) is 13.3. The Labute approximate surface area is 178 Å². The predicted molar refractivity (Wildman–Crippen MR) is 116 cm³/mol. The van der Waals surface area contributed by atoms with Gasteiger partial charge in [-0.3, -0.25) is 4.79 Å². The average molecular weight is 515 g/mol. The fourth-order valence-electron chi connectivity index (χ4n) is 3.04. The highest BCUT2D eigenvalue weighted by Crippen LogP contribution is 2.24. The Morgan fingerprint density at radius 1 is 1.25 bits per heavy atom. The minimum Gasteiger partial charge on any atom is -0.496 e. The van der Waals surface area contributed by atoms with Gasteiger partial charge in [0.05, 0.1) is 15.6 Å². The minimum atomic E-state index is -3.56. The Morgan fingerprint density at radius 3 is 2.57 bits per heavy atom. The van der Waals surface area contributed by atoms with E-state index in [-0.39, 0.29) is 16.8 Å². The summed E-state index contributed by atoms with van der Waals surface area (Å²) in [6, 6.07) is 11.3. The molecule has 1 aliphatic heterocycles. The molecule has 7 nitrogen and oxygen atoms in total. The zero-order valence-corrected chi connectivity index (χ0v) is 18.6. The molecule has 1 saturated heterocycles. The van der Waals surface area contributed by atoms with E-state index in [2.05, 4.69) is 33.2 Å². The zero-order valence-electron chi connectivity index (χ0n) is 15.6. The first-order valence-corrected chi connectivity index (χ1v) is 11.3. The molecule has 1 fully saturated rings. The molecule has 0 bridgehead atoms. The molecule has 2 N–H and O–H groups in total. The number of carbonyl (C=O) groups excluding carboxylic acids is 1. The van der Waals surface area contributed by atoms with Crippen LogP contribution >= 0.6 is 22.6 Å². The van der Waals surface area contributed by atoms with Crippen molar-refractivity contribution in [1.29, 1.82) is 0 Å². The number of rotatable bonds is 5. The average Bonchev–Trinajstić information content (AvgIpc) is 2.68. The Hall–Kier alpha value is -1.69. The molecule has 2 aromatic rings. The van der Waals surface area contributed by atoms with Gasteiger partial charge in [-0.2, -0.15) is 4.31 Å². The fraction of sp³-hybridized carbons (Fsp3) is 0.316. The number of nitrogens with zero attached hydrogens (tertiary/aromatic N) is 1. The maximum atomic E-state index is 12.8. The largest absolute Gasteiger partial charge is 0.496 e. The summed E-state index contributed by atoms with van der Waals surface area (Å²) < 4.78 is 33.2. The van der Waals surface area contributed by atoms with Crippen LogP contribution in [0.3, 0.4) is 0 Å². The van der Waals surface area contributed by atoms with Crippen LogP contribution in [-0.4, -0.2) is 51.4 Å². The number of ether oxygens (including phenoxy) is 1. The Balaban J connectivity index is 1.74. The molecule has 0 aliphatic carbocycles. The monoisotopic (exact) mass is 515 g/mol. The van der Waals surface area contributed by atoms with Crippen molar-refractivity contribution in [2.75, 3.05) is 32.1 Å². The van der Waals surface area contributed by atoms with Gasteiger partial charge in [0.15, 0.2) is 0 Å². The number of benzene rings is 2. The van der Waals surface area contributed by atoms with Gasteiger partial charge >= 0.3 is 0 Å². The molecule has 2 aromatic carbocycles. The van der Waals surface area contributed by atoms with E-state index in [1.54, 1.807) is 37.4 Å². The molecule has 0 aromatic heterocycles. The van der Waals surface area contributed by atoms with Crippen molar-refractivity contribution in [3.63, 3.8) is 0 Å². The van der Waals surface area contributed by atoms with E-state index in [9.17, 15) is 13.2 Å². The second-order valence-electron chi connectivity index (χ2n) is 6.50. The summed E-state index contributed by atoms with van der Waals surface area (Å²) in [4.78, 5) is 12.7. The van der Waals surface area contributed by atoms with Crippen LogP contribution in [-0.2, 0) is 10.0 Å². The first kappa shape index (κ1) is 21.0. The molecule has 0 radical (unpaired) electrons. The van der Waals surface area contributed by atoms with Crippen LogP contribution in [0.25, 0.3) is 0 Å². The Bertz CT molecular complexity index is 964. The smallest absolute Gasteiger partial charge is 0.255 e. The van der Waals surface area contributed by atoms with Gasteiger partial charge in [0, 0.05) is 36.9 Å². The third-order valence-electron chi connectivity index (χ3n) is 4.57. The summed E-state index contributed by atoms with van der Waals surface area (Å²) in [6.45, 7) is 3.60. The molecule has 1 atom stereocenters. The van der Waals surface area contributed by atoms with E-state index in [4.69, 9.17) is 4.74 Å². The minimum absolute atomic E-state index is 0.101. The summed E-state index contributed by atoms with van der Waals surface area (Å²) >= 11 is 2.11. The summed E-state index contributed by atoms with van der Waals surface area (Å²) in [5, 5.41) is 5.97. The van der Waals surface area contributed by atoms with E-state index in [1.807, 2.05) is 6.92 Å². The van der Waals surface area contributed by atoms with Crippen LogP contribution in [0.2, 0.25) is 0 Å². The lowest BCUT2D eigenvalue weighted by Crippen LogP contribution is -2.52. The van der Waals surface area contributed by atoms with Gasteiger partial charge in [0.2, 0.25) is 10.0 Å². The quantitative estimate of drug-likeness (QED) is 0.598. The van der Waals surface area contributed by atoms with Gasteiger partial charge in [-0.15, -0.1) is 0 Å². The molecule has 1 amide bonds. The Morgan fingerprint density at radius 2 is 1.96 bits per heavy atom. The predicted octanol–water partition coefficient (Wildman–Crippen LogP) is 2.53. The number of sulfonamides is 1. The number of methoxy groups -OCH3 is 1. The van der Waals surface area contributed by atoms with Crippen LogP contribution in [0.5, 0.6) is 5.75 Å². The highest BCUT2D eigenvalue weighted by atomic mass is 127. The van der Waals surface area contributed by atoms with Crippen molar-refractivity contribution in [2.24, 2.45) is 0 Å². The number of hydrogen-bond acceptors (Lipinski definition) is 5. The highest BCUT2D eigenvalue weighted by Gasteiger charge is 2.30. The number of nitrogens with one attached hydrogen (secondary N) is 2. The standard InChI is InChI=1S/C19H22IN3O4S/c1-13-12-21-9-10-23(13)28(25,26)16-6-4-15(5-7-16)22-19(24)14-3-8-18(27-2)17(20)11-14/h3-8,11,13,21H,9-10,12H2,1-2H3,(H,22,24)/t13-/m1/s1. The molecule has 150 valence electrons. The van der Waals surface area contributed by atoms with E-state index in [0.29, 0.717) is 36.6 Å². The second kappa shape index (κ2) is 8.76. The van der Waals surface area contributed by atoms with Crippen LogP contribution < -0.4 is 15.4 Å². The lowest BCUT2D eigenvalue weighted by atomic mass is 10.2. The molecule has 0 unspecified atom stereocenters. The highest BCUT2D eigenvalue weighted by molar-refractivity contribution is 14.1. The molecule has 3 rings (SSSR count). The van der Waals surface area contributed by atoms with Gasteiger partial charge in [-0.1, -0.05) is 0 Å². The zero-order chi connectivity index (χ0) is 20.3. The number of carbonyl (C=O) groups is 1. The number of hydrogen-bond donors (Lipinski definition) is 2. The van der Waals surface area contributed by atoms with Gasteiger partial charge in [0.25, 0.3) is 5.91 Å². The molecular formula is C19H22IN3O4S. The van der Waals surface area contributed by atoms with Gasteiger partial charge in [-0.25, -0.2) is 8.42 Å². The lowest BCUT2D eigenvalue weighted by molar-refractivity contribution is 0.102. The first-order valence-electron chi connectivity index (χ1n) is 8.80. The van der Waals surface area contributed by atoms with E-state index in [0.717, 1.165) is 3.57 Å². The lowest BCUT2D eigenvalue weighted by Gasteiger charge is -2.32. The van der Waals surface area contributed by atoms with Crippen molar-refractivity contribution in [3.8, 4) is 5.75 Å². The van der Waals surface area contributed by atoms with Gasteiger partial charge in [0.1, 0.15) is 5.75 Å². The van der Waals surface area contributed by atoms with Crippen LogP contribution in [0.4, 0.5) is 5.69 Å². The van der Waals surface area contributed by atoms with Crippen LogP contribution in [0.15, 0.2) is 47.4 Å². The topological polar surface area (TPSA) is 87.7 Å². The normalized spacial score (nSPS) is 17.9. The summed E-state index contributed by atoms with van der Waals surface area (Å²) in [7, 11) is -1.98. The summed E-state index contributed by atoms with van der Waals surface area (Å²) in [5.74, 6) is 0.431. The second-order valence-corrected chi connectivity index (χ2v) is 9.55. The van der Waals surface area contributed by atoms with Gasteiger partial charge in [-0.05, 0) is 72.0 Å². The maximum Gasteiger partial charge on any atom is 0.255 e. The summed E-state index contributed by atoms with van der Waals surface area (Å²) in [5.41, 5.74) is 1.03. The SMILES string of the molecule is COc1ccc(C(=O)Nc2ccc(S(=O)(=O)N3CCNC[C@H]3C)cc2)cc1I. The summed E-state index contributed by atoms with van der Waals surface area (Å²) in [6.07, 6.45) is 0. The van der Waals surface area contributed by atoms with Crippen molar-refractivity contribution >= 4 is 44.2 Å². The van der Waals surface area contributed by atoms with Gasteiger partial charge < -0.3 is 15.4 Å². The third kappa shape index (κ3) is 4.48. The van der Waals surface area contributed by atoms with E-state index in [1.165, 1.54) is 16.4 Å². The van der Waals surface area contributed by atoms with E-state index >= 15 is 0 Å². The number of piperazine rings is 1. The van der Waals surface area contributed by atoms with Crippen molar-refractivity contribution in [3.05, 3.63) is 51.6 Å². The third-order valence-corrected chi connectivity index (χ3v) is 7.44. The molecule has 0 spiro atoms. The number of amides is 1. The van der Waals surface area contributed by atoms with Crippen LogP contribution in [0.1, 0.15) is 17.3 Å². The fourth-order valence-corrected chi connectivity index (χ4v) is 5.40. The van der Waals surface area contributed by atoms with Crippen molar-refractivity contribution in [2.45, 2.75) is 17.9 Å². The van der Waals surface area contributed by atoms with Crippen molar-refractivity contribution in [1.82, 2.24) is 9.62 Å². The Kier molecular flexibility index (Phi) is 6.58. The molecule has 1 heterocycles. The maximum absolute atomic E-state index is 12.8. The molecular weight excluding hydrogens is 493 g/mol. The molecule has 9 heteroatoms. The van der Waals surface area contributed by atoms with E-state index < -0.39 is 10.0 Å². The molecule has 1 aliphatic rings. The number of anilines is 1. The molecule has 28 heavy (non-hydrogen) atoms. The molecule has 0 saturated carbocycles. The van der Waals surface area contributed by atoms with Crippen LogP contribution in [0, 0.1) is 3.57 Å². The van der Waals surface area contributed by atoms with Crippen molar-refractivity contribution < 1.29 is 17.9 Å². The number of halogens is 1.